The SMILES string of the molecule is C[C@@H](NC(=O)COC(=O)c1cccnc1N1CCCC1)c1ccc(Br)cc1. The fourth-order valence-corrected chi connectivity index (χ4v) is 3.33. The fraction of sp³-hybridized carbons (Fsp3) is 0.350. The topological polar surface area (TPSA) is 71.5 Å². The summed E-state index contributed by atoms with van der Waals surface area (Å²) in [5, 5.41) is 2.83. The minimum atomic E-state index is -0.531. The normalized spacial score (nSPS) is 14.7. The van der Waals surface area contributed by atoms with Crippen LogP contribution in [0.2, 0.25) is 0 Å². The second-order valence-corrected chi connectivity index (χ2v) is 7.40. The number of nitrogens with one attached hydrogen (secondary N) is 1. The van der Waals surface area contributed by atoms with Crippen LogP contribution in [0.5, 0.6) is 0 Å². The molecule has 0 spiro atoms. The molecule has 0 saturated carbocycles. The second kappa shape index (κ2) is 8.99. The van der Waals surface area contributed by atoms with Crippen molar-refractivity contribution in [2.24, 2.45) is 0 Å². The summed E-state index contributed by atoms with van der Waals surface area (Å²) in [7, 11) is 0. The lowest BCUT2D eigenvalue weighted by atomic mass is 10.1. The van der Waals surface area contributed by atoms with Gasteiger partial charge < -0.3 is 15.0 Å². The summed E-state index contributed by atoms with van der Waals surface area (Å²) in [6.45, 7) is 3.31. The van der Waals surface area contributed by atoms with Gasteiger partial charge in [0.2, 0.25) is 0 Å². The zero-order valence-electron chi connectivity index (χ0n) is 15.2. The maximum absolute atomic E-state index is 12.4. The van der Waals surface area contributed by atoms with Crippen molar-refractivity contribution in [1.82, 2.24) is 10.3 Å². The minimum Gasteiger partial charge on any atom is -0.452 e. The summed E-state index contributed by atoms with van der Waals surface area (Å²) >= 11 is 3.39. The van der Waals surface area contributed by atoms with Crippen molar-refractivity contribution in [3.05, 3.63) is 58.2 Å². The number of amides is 1. The number of halogens is 1. The number of aromatic nitrogens is 1. The zero-order valence-corrected chi connectivity index (χ0v) is 16.7. The maximum Gasteiger partial charge on any atom is 0.342 e. The molecule has 1 aromatic heterocycles. The van der Waals surface area contributed by atoms with E-state index in [1.165, 1.54) is 0 Å². The summed E-state index contributed by atoms with van der Waals surface area (Å²) in [6.07, 6.45) is 3.83. The Balaban J connectivity index is 1.56. The number of nitrogens with zero attached hydrogens (tertiary/aromatic N) is 2. The van der Waals surface area contributed by atoms with E-state index in [2.05, 4.69) is 31.1 Å². The number of hydrogen-bond acceptors (Lipinski definition) is 5. The molecule has 2 aromatic rings. The molecule has 1 atom stereocenters. The highest BCUT2D eigenvalue weighted by atomic mass is 79.9. The lowest BCUT2D eigenvalue weighted by Crippen LogP contribution is -2.31. The van der Waals surface area contributed by atoms with Crippen molar-refractivity contribution in [2.75, 3.05) is 24.6 Å². The van der Waals surface area contributed by atoms with Gasteiger partial charge in [-0.05, 0) is 49.6 Å². The quantitative estimate of drug-likeness (QED) is 0.708. The Hall–Kier alpha value is -2.41. The van der Waals surface area contributed by atoms with Gasteiger partial charge in [-0.3, -0.25) is 4.79 Å². The molecule has 0 aliphatic carbocycles. The molecular formula is C20H22BrN3O3. The van der Waals surface area contributed by atoms with Crippen LogP contribution in [-0.4, -0.2) is 36.6 Å². The Kier molecular flexibility index (Phi) is 6.45. The molecule has 1 N–H and O–H groups in total. The standard InChI is InChI=1S/C20H22BrN3O3/c1-14(15-6-8-16(21)9-7-15)23-18(25)13-27-20(26)17-5-4-10-22-19(17)24-11-2-3-12-24/h4-10,14H,2-3,11-13H2,1H3,(H,23,25)/t14-/m1/s1. The third-order valence-electron chi connectivity index (χ3n) is 4.49. The van der Waals surface area contributed by atoms with Crippen molar-refractivity contribution >= 4 is 33.6 Å². The number of hydrogen-bond donors (Lipinski definition) is 1. The van der Waals surface area contributed by atoms with Gasteiger partial charge in [-0.25, -0.2) is 9.78 Å². The van der Waals surface area contributed by atoms with Crippen LogP contribution in [0.3, 0.4) is 0 Å². The van der Waals surface area contributed by atoms with Crippen molar-refractivity contribution < 1.29 is 14.3 Å². The van der Waals surface area contributed by atoms with E-state index < -0.39 is 5.97 Å². The molecule has 1 amide bonds. The van der Waals surface area contributed by atoms with Gasteiger partial charge in [0.25, 0.3) is 5.91 Å². The van der Waals surface area contributed by atoms with Gasteiger partial charge in [-0.2, -0.15) is 0 Å². The van der Waals surface area contributed by atoms with Gasteiger partial charge in [0.15, 0.2) is 6.61 Å². The van der Waals surface area contributed by atoms with Crippen molar-refractivity contribution in [3.63, 3.8) is 0 Å². The van der Waals surface area contributed by atoms with E-state index in [-0.39, 0.29) is 18.6 Å². The van der Waals surface area contributed by atoms with E-state index >= 15 is 0 Å². The number of anilines is 1. The summed E-state index contributed by atoms with van der Waals surface area (Å²) in [4.78, 5) is 31.0. The highest BCUT2D eigenvalue weighted by Gasteiger charge is 2.22. The summed E-state index contributed by atoms with van der Waals surface area (Å²) in [5.41, 5.74) is 1.37. The Morgan fingerprint density at radius 1 is 1.22 bits per heavy atom. The van der Waals surface area contributed by atoms with Crippen LogP contribution in [-0.2, 0) is 9.53 Å². The highest BCUT2D eigenvalue weighted by Crippen LogP contribution is 2.22. The molecule has 142 valence electrons. The summed E-state index contributed by atoms with van der Waals surface area (Å²) < 4.78 is 6.20. The molecule has 1 aliphatic heterocycles. The molecule has 7 heteroatoms. The molecule has 0 bridgehead atoms. The van der Waals surface area contributed by atoms with Gasteiger partial charge >= 0.3 is 5.97 Å². The molecule has 0 radical (unpaired) electrons. The second-order valence-electron chi connectivity index (χ2n) is 6.49. The van der Waals surface area contributed by atoms with Gasteiger partial charge in [0.05, 0.1) is 6.04 Å². The number of ether oxygens (including phenoxy) is 1. The lowest BCUT2D eigenvalue weighted by Gasteiger charge is -2.19. The molecule has 27 heavy (non-hydrogen) atoms. The van der Waals surface area contributed by atoms with Gasteiger partial charge in [-0.15, -0.1) is 0 Å². The molecule has 1 aliphatic rings. The average molecular weight is 432 g/mol. The molecular weight excluding hydrogens is 410 g/mol. The summed E-state index contributed by atoms with van der Waals surface area (Å²) in [5.74, 6) is -0.245. The predicted molar refractivity (Wildman–Crippen MR) is 107 cm³/mol. The number of rotatable bonds is 6. The molecule has 0 unspecified atom stereocenters. The van der Waals surface area contributed by atoms with Crippen LogP contribution >= 0.6 is 15.9 Å². The summed E-state index contributed by atoms with van der Waals surface area (Å²) in [6, 6.07) is 10.9. The van der Waals surface area contributed by atoms with Crippen molar-refractivity contribution in [2.45, 2.75) is 25.8 Å². The van der Waals surface area contributed by atoms with Crippen LogP contribution in [0, 0.1) is 0 Å². The van der Waals surface area contributed by atoms with Crippen LogP contribution in [0.4, 0.5) is 5.82 Å². The fourth-order valence-electron chi connectivity index (χ4n) is 3.06. The lowest BCUT2D eigenvalue weighted by molar-refractivity contribution is -0.124. The van der Waals surface area contributed by atoms with E-state index in [0.717, 1.165) is 36.0 Å². The minimum absolute atomic E-state index is 0.178. The maximum atomic E-state index is 12.4. The van der Waals surface area contributed by atoms with Crippen LogP contribution in [0.1, 0.15) is 41.7 Å². The highest BCUT2D eigenvalue weighted by molar-refractivity contribution is 9.10. The van der Waals surface area contributed by atoms with E-state index in [4.69, 9.17) is 4.74 Å². The Bertz CT molecular complexity index is 804. The zero-order chi connectivity index (χ0) is 19.2. The first-order valence-corrected chi connectivity index (χ1v) is 9.76. The Morgan fingerprint density at radius 2 is 1.93 bits per heavy atom. The number of carbonyl (C=O) groups excluding carboxylic acids is 2. The smallest absolute Gasteiger partial charge is 0.342 e. The van der Waals surface area contributed by atoms with E-state index in [1.807, 2.05) is 31.2 Å². The van der Waals surface area contributed by atoms with Crippen LogP contribution in [0.15, 0.2) is 47.1 Å². The van der Waals surface area contributed by atoms with E-state index in [9.17, 15) is 9.59 Å². The largest absolute Gasteiger partial charge is 0.452 e. The average Bonchev–Trinajstić information content (AvgIpc) is 3.21. The number of pyridine rings is 1. The number of carbonyl (C=O) groups is 2. The third-order valence-corrected chi connectivity index (χ3v) is 5.02. The first kappa shape index (κ1) is 19.4. The first-order valence-electron chi connectivity index (χ1n) is 8.96. The number of esters is 1. The molecule has 1 fully saturated rings. The Morgan fingerprint density at radius 3 is 2.63 bits per heavy atom. The van der Waals surface area contributed by atoms with Gasteiger partial charge in [0, 0.05) is 23.8 Å². The first-order chi connectivity index (χ1) is 13.0. The monoisotopic (exact) mass is 431 g/mol. The molecule has 6 nitrogen and oxygen atoms in total. The third kappa shape index (κ3) is 5.07. The van der Waals surface area contributed by atoms with Gasteiger partial charge in [0.1, 0.15) is 11.4 Å². The van der Waals surface area contributed by atoms with Crippen molar-refractivity contribution in [3.8, 4) is 0 Å². The Labute approximate surface area is 167 Å². The van der Waals surface area contributed by atoms with Crippen molar-refractivity contribution in [1.29, 1.82) is 0 Å². The van der Waals surface area contributed by atoms with Crippen LogP contribution < -0.4 is 10.2 Å². The predicted octanol–water partition coefficient (Wildman–Crippen LogP) is 3.48. The molecule has 3 rings (SSSR count). The molecule has 1 saturated heterocycles. The molecule has 1 aromatic carbocycles. The van der Waals surface area contributed by atoms with E-state index in [0.29, 0.717) is 11.4 Å². The number of benzene rings is 1. The van der Waals surface area contributed by atoms with E-state index in [1.54, 1.807) is 18.3 Å². The van der Waals surface area contributed by atoms with Crippen LogP contribution in [0.25, 0.3) is 0 Å². The van der Waals surface area contributed by atoms with Gasteiger partial charge in [-0.1, -0.05) is 28.1 Å². The molecule has 2 heterocycles.